The number of ether oxygens (including phenoxy) is 1. The van der Waals surface area contributed by atoms with Gasteiger partial charge in [-0.2, -0.15) is 0 Å². The van der Waals surface area contributed by atoms with Crippen molar-refractivity contribution in [2.75, 3.05) is 12.4 Å². The number of fused-ring (bicyclic) bond motifs is 1. The second kappa shape index (κ2) is 6.36. The third-order valence-electron chi connectivity index (χ3n) is 3.03. The van der Waals surface area contributed by atoms with Gasteiger partial charge in [-0.05, 0) is 24.0 Å². The summed E-state index contributed by atoms with van der Waals surface area (Å²) in [5.74, 6) is 0.335. The zero-order valence-corrected chi connectivity index (χ0v) is 13.0. The third kappa shape index (κ3) is 3.14. The Hall–Kier alpha value is -1.73. The lowest BCUT2D eigenvalue weighted by Crippen LogP contribution is -2.08. The van der Waals surface area contributed by atoms with Crippen LogP contribution in [0.2, 0.25) is 0 Å². The van der Waals surface area contributed by atoms with Crippen LogP contribution in [0.5, 0.6) is 0 Å². The Morgan fingerprint density at radius 3 is 3.10 bits per heavy atom. The van der Waals surface area contributed by atoms with Crippen LogP contribution in [0.15, 0.2) is 29.3 Å². The van der Waals surface area contributed by atoms with E-state index in [0.29, 0.717) is 22.9 Å². The molecule has 1 aliphatic heterocycles. The molecule has 0 bridgehead atoms. The summed E-state index contributed by atoms with van der Waals surface area (Å²) in [6.07, 6.45) is 0. The SMILES string of the molecule is Cc1nnsc1C(=O)OCCSC1=NCc2ccccc21. The van der Waals surface area contributed by atoms with E-state index in [0.717, 1.165) is 23.1 Å². The first kappa shape index (κ1) is 14.2. The number of aliphatic imine (C=N–C) groups is 1. The second-order valence-corrected chi connectivity index (χ2v) is 6.29. The summed E-state index contributed by atoms with van der Waals surface area (Å²) >= 11 is 2.68. The van der Waals surface area contributed by atoms with Crippen LogP contribution < -0.4 is 0 Å². The normalized spacial score (nSPS) is 12.9. The average molecular weight is 319 g/mol. The summed E-state index contributed by atoms with van der Waals surface area (Å²) in [5.41, 5.74) is 3.06. The number of aromatic nitrogens is 2. The number of carbonyl (C=O) groups excluding carboxylic acids is 1. The lowest BCUT2D eigenvalue weighted by Gasteiger charge is -2.04. The number of hydrogen-bond acceptors (Lipinski definition) is 7. The Morgan fingerprint density at radius 1 is 1.43 bits per heavy atom. The minimum Gasteiger partial charge on any atom is -0.461 e. The number of rotatable bonds is 4. The van der Waals surface area contributed by atoms with Crippen molar-refractivity contribution in [1.82, 2.24) is 9.59 Å². The highest BCUT2D eigenvalue weighted by atomic mass is 32.2. The Labute approximate surface area is 130 Å². The van der Waals surface area contributed by atoms with Crippen molar-refractivity contribution >= 4 is 34.3 Å². The maximum Gasteiger partial charge on any atom is 0.351 e. The van der Waals surface area contributed by atoms with Crippen molar-refractivity contribution in [2.24, 2.45) is 4.99 Å². The molecule has 0 fully saturated rings. The molecule has 0 saturated carbocycles. The Balaban J connectivity index is 1.48. The average Bonchev–Trinajstić information content (AvgIpc) is 3.10. The highest BCUT2D eigenvalue weighted by Crippen LogP contribution is 2.24. The van der Waals surface area contributed by atoms with E-state index in [1.54, 1.807) is 18.7 Å². The number of benzene rings is 1. The first-order valence-electron chi connectivity index (χ1n) is 6.47. The summed E-state index contributed by atoms with van der Waals surface area (Å²) in [7, 11) is 0. The molecule has 108 valence electrons. The van der Waals surface area contributed by atoms with Crippen molar-refractivity contribution in [2.45, 2.75) is 13.5 Å². The molecule has 0 unspecified atom stereocenters. The zero-order chi connectivity index (χ0) is 14.7. The van der Waals surface area contributed by atoms with Crippen molar-refractivity contribution in [3.63, 3.8) is 0 Å². The topological polar surface area (TPSA) is 64.4 Å². The summed E-state index contributed by atoms with van der Waals surface area (Å²) < 4.78 is 8.96. The lowest BCUT2D eigenvalue weighted by molar-refractivity contribution is 0.0535. The van der Waals surface area contributed by atoms with E-state index in [1.807, 2.05) is 12.1 Å². The van der Waals surface area contributed by atoms with Crippen molar-refractivity contribution < 1.29 is 9.53 Å². The van der Waals surface area contributed by atoms with Crippen molar-refractivity contribution in [3.05, 3.63) is 46.0 Å². The Kier molecular flexibility index (Phi) is 4.31. The van der Waals surface area contributed by atoms with E-state index < -0.39 is 0 Å². The highest BCUT2D eigenvalue weighted by molar-refractivity contribution is 8.14. The standard InChI is InChI=1S/C14H13N3O2S2/c1-9-12(21-17-16-9)14(18)19-6-7-20-13-11-5-3-2-4-10(11)8-15-13/h2-5H,6-8H2,1H3. The molecule has 0 atom stereocenters. The van der Waals surface area contributed by atoms with Gasteiger partial charge in [0.1, 0.15) is 6.61 Å². The van der Waals surface area contributed by atoms with E-state index in [9.17, 15) is 4.79 Å². The van der Waals surface area contributed by atoms with Gasteiger partial charge in [-0.15, -0.1) is 16.9 Å². The summed E-state index contributed by atoms with van der Waals surface area (Å²) in [4.78, 5) is 16.8. The quantitative estimate of drug-likeness (QED) is 0.640. The molecule has 2 heterocycles. The molecule has 7 heteroatoms. The van der Waals surface area contributed by atoms with Gasteiger partial charge in [-0.25, -0.2) is 4.79 Å². The van der Waals surface area contributed by atoms with E-state index >= 15 is 0 Å². The summed E-state index contributed by atoms with van der Waals surface area (Å²) in [6.45, 7) is 2.84. The van der Waals surface area contributed by atoms with Crippen LogP contribution in [-0.2, 0) is 11.3 Å². The van der Waals surface area contributed by atoms with Gasteiger partial charge in [0.2, 0.25) is 0 Å². The monoisotopic (exact) mass is 319 g/mol. The van der Waals surface area contributed by atoms with Gasteiger partial charge in [0.05, 0.1) is 17.3 Å². The molecule has 0 spiro atoms. The fourth-order valence-corrected chi connectivity index (χ4v) is 3.41. The van der Waals surface area contributed by atoms with Gasteiger partial charge in [-0.1, -0.05) is 28.8 Å². The fraction of sp³-hybridized carbons (Fsp3) is 0.286. The van der Waals surface area contributed by atoms with Crippen LogP contribution in [0.1, 0.15) is 26.5 Å². The van der Waals surface area contributed by atoms with Crippen molar-refractivity contribution in [1.29, 1.82) is 0 Å². The van der Waals surface area contributed by atoms with E-state index in [1.165, 1.54) is 11.1 Å². The number of carbonyl (C=O) groups is 1. The first-order chi connectivity index (χ1) is 10.3. The van der Waals surface area contributed by atoms with Crippen LogP contribution in [0.3, 0.4) is 0 Å². The Bertz CT molecular complexity index is 697. The maximum atomic E-state index is 11.8. The molecule has 3 rings (SSSR count). The maximum absolute atomic E-state index is 11.8. The molecule has 21 heavy (non-hydrogen) atoms. The molecule has 1 aliphatic rings. The third-order valence-corrected chi connectivity index (χ3v) is 4.83. The molecule has 1 aromatic heterocycles. The number of hydrogen-bond donors (Lipinski definition) is 0. The molecule has 0 N–H and O–H groups in total. The summed E-state index contributed by atoms with van der Waals surface area (Å²) in [6, 6.07) is 8.20. The van der Waals surface area contributed by atoms with Gasteiger partial charge in [-0.3, -0.25) is 4.99 Å². The highest BCUT2D eigenvalue weighted by Gasteiger charge is 2.17. The van der Waals surface area contributed by atoms with E-state index in [2.05, 4.69) is 26.7 Å². The largest absolute Gasteiger partial charge is 0.461 e. The molecular weight excluding hydrogens is 306 g/mol. The smallest absolute Gasteiger partial charge is 0.351 e. The van der Waals surface area contributed by atoms with E-state index in [4.69, 9.17) is 4.74 Å². The Morgan fingerprint density at radius 2 is 2.29 bits per heavy atom. The van der Waals surface area contributed by atoms with Crippen LogP contribution in [0.4, 0.5) is 0 Å². The van der Waals surface area contributed by atoms with Crippen molar-refractivity contribution in [3.8, 4) is 0 Å². The van der Waals surface area contributed by atoms with Crippen LogP contribution >= 0.6 is 23.3 Å². The molecule has 0 amide bonds. The molecular formula is C14H13N3O2S2. The first-order valence-corrected chi connectivity index (χ1v) is 8.23. The number of nitrogens with zero attached hydrogens (tertiary/aromatic N) is 3. The minimum atomic E-state index is -0.350. The number of esters is 1. The number of thioether (sulfide) groups is 1. The van der Waals surface area contributed by atoms with Gasteiger partial charge in [0.15, 0.2) is 4.88 Å². The van der Waals surface area contributed by atoms with Gasteiger partial charge < -0.3 is 4.74 Å². The lowest BCUT2D eigenvalue weighted by atomic mass is 10.1. The predicted molar refractivity (Wildman–Crippen MR) is 84.1 cm³/mol. The second-order valence-electron chi connectivity index (χ2n) is 4.45. The molecule has 0 aliphatic carbocycles. The zero-order valence-electron chi connectivity index (χ0n) is 11.4. The molecule has 2 aromatic rings. The molecule has 0 radical (unpaired) electrons. The molecule has 1 aromatic carbocycles. The van der Waals surface area contributed by atoms with Gasteiger partial charge >= 0.3 is 5.97 Å². The summed E-state index contributed by atoms with van der Waals surface area (Å²) in [5, 5.41) is 4.82. The molecule has 0 saturated heterocycles. The van der Waals surface area contributed by atoms with Gasteiger partial charge in [0, 0.05) is 11.3 Å². The number of aryl methyl sites for hydroxylation is 1. The van der Waals surface area contributed by atoms with Crippen LogP contribution in [0.25, 0.3) is 0 Å². The van der Waals surface area contributed by atoms with E-state index in [-0.39, 0.29) is 5.97 Å². The minimum absolute atomic E-state index is 0.349. The van der Waals surface area contributed by atoms with Crippen LogP contribution in [-0.4, -0.2) is 33.0 Å². The van der Waals surface area contributed by atoms with Crippen LogP contribution in [0, 0.1) is 6.92 Å². The fourth-order valence-electron chi connectivity index (χ4n) is 1.99. The van der Waals surface area contributed by atoms with Gasteiger partial charge in [0.25, 0.3) is 0 Å². The predicted octanol–water partition coefficient (Wildman–Crippen LogP) is 2.70. The molecule has 5 nitrogen and oxygen atoms in total.